The number of amides is 1. The number of likely N-dealkylation sites (N-methyl/N-ethyl adjacent to an activating group) is 1. The van der Waals surface area contributed by atoms with Gasteiger partial charge in [0, 0.05) is 20.1 Å². The van der Waals surface area contributed by atoms with Crippen LogP contribution in [0.5, 0.6) is 0 Å². The standard InChI is InChI=1S/C17H26N2O.H2/c1-6-14(7-2)16-12-15(9-8-13(16)3)17(20)18-10-11-19(4)5;/h6,8-9,12H,7,10-11H2,1-5H3,(H,18,20);1H/b14-6+;. The topological polar surface area (TPSA) is 32.3 Å². The summed E-state index contributed by atoms with van der Waals surface area (Å²) in [6.45, 7) is 7.78. The molecule has 0 aliphatic carbocycles. The zero-order valence-corrected chi connectivity index (χ0v) is 13.3. The maximum atomic E-state index is 12.1. The number of carbonyl (C=O) groups is 1. The molecule has 0 atom stereocenters. The van der Waals surface area contributed by atoms with Gasteiger partial charge in [-0.15, -0.1) is 0 Å². The van der Waals surface area contributed by atoms with Crippen LogP contribution in [0.15, 0.2) is 24.3 Å². The summed E-state index contributed by atoms with van der Waals surface area (Å²) in [6, 6.07) is 5.92. The molecule has 1 N–H and O–H groups in total. The summed E-state index contributed by atoms with van der Waals surface area (Å²) in [6.07, 6.45) is 3.10. The number of allylic oxidation sites excluding steroid dienone is 2. The Morgan fingerprint density at radius 3 is 2.65 bits per heavy atom. The van der Waals surface area contributed by atoms with Crippen molar-refractivity contribution in [3.63, 3.8) is 0 Å². The van der Waals surface area contributed by atoms with Gasteiger partial charge in [0.15, 0.2) is 0 Å². The second kappa shape index (κ2) is 7.85. The molecule has 0 saturated heterocycles. The van der Waals surface area contributed by atoms with Crippen LogP contribution < -0.4 is 5.32 Å². The molecule has 0 radical (unpaired) electrons. The quantitative estimate of drug-likeness (QED) is 0.864. The Labute approximate surface area is 124 Å². The second-order valence-corrected chi connectivity index (χ2v) is 5.26. The first-order chi connectivity index (χ1) is 9.49. The molecule has 0 aliphatic heterocycles. The second-order valence-electron chi connectivity index (χ2n) is 5.26. The van der Waals surface area contributed by atoms with Crippen molar-refractivity contribution in [2.45, 2.75) is 27.2 Å². The lowest BCUT2D eigenvalue weighted by Gasteiger charge is -2.13. The lowest BCUT2D eigenvalue weighted by Crippen LogP contribution is -2.31. The van der Waals surface area contributed by atoms with Crippen molar-refractivity contribution in [3.05, 3.63) is 41.0 Å². The van der Waals surface area contributed by atoms with E-state index in [0.29, 0.717) is 6.54 Å². The Morgan fingerprint density at radius 2 is 2.10 bits per heavy atom. The van der Waals surface area contributed by atoms with Gasteiger partial charge in [0.2, 0.25) is 0 Å². The average molecular weight is 276 g/mol. The van der Waals surface area contributed by atoms with Gasteiger partial charge in [-0.3, -0.25) is 4.79 Å². The lowest BCUT2D eigenvalue weighted by molar-refractivity contribution is 0.0951. The van der Waals surface area contributed by atoms with Crippen molar-refractivity contribution < 1.29 is 6.22 Å². The van der Waals surface area contributed by atoms with E-state index in [1.54, 1.807) is 0 Å². The molecule has 0 saturated carbocycles. The molecule has 0 fully saturated rings. The molecule has 1 rings (SSSR count). The third kappa shape index (κ3) is 4.49. The predicted octanol–water partition coefficient (Wildman–Crippen LogP) is 3.35. The number of nitrogens with zero attached hydrogens (tertiary/aromatic N) is 1. The van der Waals surface area contributed by atoms with E-state index in [2.05, 4.69) is 30.1 Å². The average Bonchev–Trinajstić information content (AvgIpc) is 2.41. The van der Waals surface area contributed by atoms with E-state index in [-0.39, 0.29) is 7.33 Å². The highest BCUT2D eigenvalue weighted by Crippen LogP contribution is 2.23. The number of aryl methyl sites for hydroxylation is 1. The van der Waals surface area contributed by atoms with Gasteiger partial charge in [-0.1, -0.05) is 19.1 Å². The Kier molecular flexibility index (Phi) is 6.46. The van der Waals surface area contributed by atoms with Crippen LogP contribution in [-0.4, -0.2) is 38.0 Å². The van der Waals surface area contributed by atoms with Crippen molar-refractivity contribution in [2.24, 2.45) is 0 Å². The van der Waals surface area contributed by atoms with Gasteiger partial charge in [0.05, 0.1) is 0 Å². The van der Waals surface area contributed by atoms with E-state index in [0.717, 1.165) is 18.5 Å². The van der Waals surface area contributed by atoms with Gasteiger partial charge in [-0.25, -0.2) is 0 Å². The van der Waals surface area contributed by atoms with E-state index in [9.17, 15) is 4.79 Å². The number of nitrogens with one attached hydrogen (secondary N) is 1. The molecule has 0 heterocycles. The molecule has 3 heteroatoms. The smallest absolute Gasteiger partial charge is 0.251 e. The minimum Gasteiger partial charge on any atom is -0.351 e. The van der Waals surface area contributed by atoms with Gasteiger partial charge in [0.1, 0.15) is 0 Å². The zero-order valence-electron chi connectivity index (χ0n) is 13.3. The molecule has 1 aromatic carbocycles. The summed E-state index contributed by atoms with van der Waals surface area (Å²) in [5, 5.41) is 2.95. The third-order valence-electron chi connectivity index (χ3n) is 3.42. The van der Waals surface area contributed by atoms with Gasteiger partial charge >= 0.3 is 0 Å². The molecule has 112 valence electrons. The number of benzene rings is 1. The largest absolute Gasteiger partial charge is 0.351 e. The minimum atomic E-state index is -0.000318. The van der Waals surface area contributed by atoms with Crippen molar-refractivity contribution in [1.29, 1.82) is 0 Å². The summed E-state index contributed by atoms with van der Waals surface area (Å²) in [5.41, 5.74) is 4.41. The van der Waals surface area contributed by atoms with Gasteiger partial charge in [-0.05, 0) is 63.2 Å². The monoisotopic (exact) mass is 276 g/mol. The van der Waals surface area contributed by atoms with Gasteiger partial charge in [0.25, 0.3) is 5.91 Å². The molecule has 3 nitrogen and oxygen atoms in total. The molecular formula is C17H28N2O. The van der Waals surface area contributed by atoms with Gasteiger partial charge in [-0.2, -0.15) is 0 Å². The fraction of sp³-hybridized carbons (Fsp3) is 0.471. The number of rotatable bonds is 6. The van der Waals surface area contributed by atoms with Crippen molar-refractivity contribution in [1.82, 2.24) is 10.2 Å². The normalized spacial score (nSPS) is 11.8. The van der Waals surface area contributed by atoms with E-state index >= 15 is 0 Å². The van der Waals surface area contributed by atoms with Gasteiger partial charge < -0.3 is 10.2 Å². The molecule has 0 unspecified atom stereocenters. The summed E-state index contributed by atoms with van der Waals surface area (Å²) < 4.78 is 0. The molecule has 0 aromatic heterocycles. The molecular weight excluding hydrogens is 248 g/mol. The van der Waals surface area contributed by atoms with Crippen molar-refractivity contribution >= 4 is 11.5 Å². The summed E-state index contributed by atoms with van der Waals surface area (Å²) in [4.78, 5) is 14.2. The molecule has 0 aliphatic rings. The zero-order chi connectivity index (χ0) is 15.1. The first kappa shape index (κ1) is 16.4. The van der Waals surface area contributed by atoms with E-state index in [1.165, 1.54) is 16.7 Å². The minimum absolute atomic E-state index is 0. The fourth-order valence-electron chi connectivity index (χ4n) is 2.15. The molecule has 0 bridgehead atoms. The molecule has 1 aromatic rings. The van der Waals surface area contributed by atoms with E-state index < -0.39 is 0 Å². The summed E-state index contributed by atoms with van der Waals surface area (Å²) >= 11 is 0. The molecule has 1 amide bonds. The first-order valence-corrected chi connectivity index (χ1v) is 7.18. The van der Waals surface area contributed by atoms with Crippen molar-refractivity contribution in [3.8, 4) is 0 Å². The lowest BCUT2D eigenvalue weighted by atomic mass is 9.96. The van der Waals surface area contributed by atoms with Crippen LogP contribution in [0.3, 0.4) is 0 Å². The van der Waals surface area contributed by atoms with Crippen molar-refractivity contribution in [2.75, 3.05) is 27.2 Å². The third-order valence-corrected chi connectivity index (χ3v) is 3.42. The molecule has 20 heavy (non-hydrogen) atoms. The Bertz CT molecular complexity index is 496. The van der Waals surface area contributed by atoms with Crippen LogP contribution in [0.2, 0.25) is 0 Å². The fourth-order valence-corrected chi connectivity index (χ4v) is 2.15. The van der Waals surface area contributed by atoms with E-state index in [1.807, 2.05) is 39.2 Å². The van der Waals surface area contributed by atoms with Crippen LogP contribution in [0.25, 0.3) is 5.57 Å². The highest BCUT2D eigenvalue weighted by atomic mass is 16.1. The van der Waals surface area contributed by atoms with E-state index in [4.69, 9.17) is 0 Å². The number of carbonyl (C=O) groups excluding carboxylic acids is 1. The van der Waals surface area contributed by atoms with Crippen LogP contribution in [0.4, 0.5) is 0 Å². The maximum absolute atomic E-state index is 12.1. The maximum Gasteiger partial charge on any atom is 0.251 e. The predicted molar refractivity (Wildman–Crippen MR) is 88.1 cm³/mol. The number of hydrogen-bond acceptors (Lipinski definition) is 2. The molecule has 0 spiro atoms. The highest BCUT2D eigenvalue weighted by molar-refractivity contribution is 5.95. The van der Waals surface area contributed by atoms with Crippen LogP contribution in [-0.2, 0) is 0 Å². The Hall–Kier alpha value is -1.61. The summed E-state index contributed by atoms with van der Waals surface area (Å²) in [7, 11) is 3.99. The highest BCUT2D eigenvalue weighted by Gasteiger charge is 2.09. The number of hydrogen-bond donors (Lipinski definition) is 1. The Balaban J connectivity index is 0.00000400. The van der Waals surface area contributed by atoms with Crippen LogP contribution in [0.1, 0.15) is 43.2 Å². The Morgan fingerprint density at radius 1 is 1.40 bits per heavy atom. The first-order valence-electron chi connectivity index (χ1n) is 7.18. The SMILES string of the molecule is C/C=C(\CC)c1cc(C(=O)NCCN(C)C)ccc1C.[HH]. The summed E-state index contributed by atoms with van der Waals surface area (Å²) in [5.74, 6) is -0.000318. The van der Waals surface area contributed by atoms with Crippen LogP contribution in [0, 0.1) is 6.92 Å². The van der Waals surface area contributed by atoms with Crippen LogP contribution >= 0.6 is 0 Å².